The van der Waals surface area contributed by atoms with Gasteiger partial charge < -0.3 is 5.11 Å². The van der Waals surface area contributed by atoms with Crippen molar-refractivity contribution < 1.29 is 13.5 Å². The average Bonchev–Trinajstić information content (AvgIpc) is 2.75. The summed E-state index contributed by atoms with van der Waals surface area (Å²) in [6.07, 6.45) is -0.00984. The minimum atomic E-state index is -3.41. The Morgan fingerprint density at radius 2 is 2.31 bits per heavy atom. The zero-order chi connectivity index (χ0) is 11.9. The van der Waals surface area contributed by atoms with Crippen molar-refractivity contribution in [2.75, 3.05) is 13.1 Å². The lowest BCUT2D eigenvalue weighted by atomic mass is 10.3. The molecule has 1 aliphatic rings. The van der Waals surface area contributed by atoms with Gasteiger partial charge in [-0.25, -0.2) is 8.42 Å². The lowest BCUT2D eigenvalue weighted by Gasteiger charge is -2.13. The molecule has 1 atom stereocenters. The number of nitrogens with zero attached hydrogens (tertiary/aromatic N) is 1. The Morgan fingerprint density at radius 3 is 2.75 bits per heavy atom. The molecule has 2 rings (SSSR count). The van der Waals surface area contributed by atoms with Gasteiger partial charge >= 0.3 is 0 Å². The van der Waals surface area contributed by atoms with Crippen LogP contribution in [0.15, 0.2) is 14.1 Å². The number of thiophene rings is 1. The zero-order valence-electron chi connectivity index (χ0n) is 8.68. The normalized spacial score (nSPS) is 22.8. The molecule has 0 bridgehead atoms. The standard InChI is InChI=1S/C9H12BrNO3S2/c1-6-4-8(15-9(6)10)16(13,14)11-3-2-7(12)5-11/h4,7,12H,2-3,5H2,1H3/t7-/m0/s1. The number of β-amino-alcohol motifs (C(OH)–C–C–N with tert-alkyl or cyclic N) is 1. The van der Waals surface area contributed by atoms with Gasteiger partial charge in [-0.1, -0.05) is 0 Å². The van der Waals surface area contributed by atoms with E-state index in [2.05, 4.69) is 15.9 Å². The van der Waals surface area contributed by atoms with Crippen LogP contribution in [0.4, 0.5) is 0 Å². The number of hydrogen-bond acceptors (Lipinski definition) is 4. The van der Waals surface area contributed by atoms with Crippen molar-refractivity contribution >= 4 is 37.3 Å². The summed E-state index contributed by atoms with van der Waals surface area (Å²) in [4.78, 5) is 0. The first-order valence-electron chi connectivity index (χ1n) is 4.85. The number of aryl methyl sites for hydroxylation is 1. The molecule has 0 saturated carbocycles. The summed E-state index contributed by atoms with van der Waals surface area (Å²) in [5.74, 6) is 0. The van der Waals surface area contributed by atoms with E-state index in [-0.39, 0.29) is 6.54 Å². The van der Waals surface area contributed by atoms with E-state index >= 15 is 0 Å². The molecule has 1 N–H and O–H groups in total. The predicted octanol–water partition coefficient (Wildman–Crippen LogP) is 1.57. The predicted molar refractivity (Wildman–Crippen MR) is 66.1 cm³/mol. The van der Waals surface area contributed by atoms with Gasteiger partial charge in [0.15, 0.2) is 0 Å². The van der Waals surface area contributed by atoms with Gasteiger partial charge in [0.1, 0.15) is 4.21 Å². The van der Waals surface area contributed by atoms with Gasteiger partial charge in [-0.2, -0.15) is 4.31 Å². The van der Waals surface area contributed by atoms with E-state index in [9.17, 15) is 13.5 Å². The van der Waals surface area contributed by atoms with Gasteiger partial charge in [0.25, 0.3) is 10.0 Å². The van der Waals surface area contributed by atoms with Crippen LogP contribution in [0.25, 0.3) is 0 Å². The van der Waals surface area contributed by atoms with Crippen LogP contribution in [0.2, 0.25) is 0 Å². The monoisotopic (exact) mass is 325 g/mol. The molecule has 2 heterocycles. The fraction of sp³-hybridized carbons (Fsp3) is 0.556. The molecule has 1 saturated heterocycles. The second kappa shape index (κ2) is 4.38. The topological polar surface area (TPSA) is 57.6 Å². The van der Waals surface area contributed by atoms with E-state index in [1.165, 1.54) is 15.6 Å². The second-order valence-corrected chi connectivity index (χ2v) is 8.36. The van der Waals surface area contributed by atoms with Gasteiger partial charge in [-0.05, 0) is 40.9 Å². The minimum absolute atomic E-state index is 0.205. The molecule has 7 heteroatoms. The van der Waals surface area contributed by atoms with Gasteiger partial charge in [0.05, 0.1) is 9.89 Å². The summed E-state index contributed by atoms with van der Waals surface area (Å²) >= 11 is 4.53. The lowest BCUT2D eigenvalue weighted by molar-refractivity contribution is 0.189. The van der Waals surface area contributed by atoms with E-state index in [1.54, 1.807) is 6.07 Å². The van der Waals surface area contributed by atoms with Crippen molar-refractivity contribution in [1.82, 2.24) is 4.31 Å². The Kier molecular flexibility index (Phi) is 3.42. The Labute approximate surface area is 107 Å². The van der Waals surface area contributed by atoms with E-state index in [0.717, 1.165) is 9.35 Å². The van der Waals surface area contributed by atoms with Crippen LogP contribution >= 0.6 is 27.3 Å². The zero-order valence-corrected chi connectivity index (χ0v) is 11.9. The van der Waals surface area contributed by atoms with Gasteiger partial charge in [0, 0.05) is 13.1 Å². The Bertz CT molecular complexity index is 477. The van der Waals surface area contributed by atoms with Gasteiger partial charge in [-0.15, -0.1) is 11.3 Å². The molecule has 1 aromatic heterocycles. The first-order valence-corrected chi connectivity index (χ1v) is 7.90. The summed E-state index contributed by atoms with van der Waals surface area (Å²) in [6, 6.07) is 1.66. The van der Waals surface area contributed by atoms with E-state index in [1.807, 2.05) is 6.92 Å². The van der Waals surface area contributed by atoms with Crippen LogP contribution in [-0.4, -0.2) is 37.0 Å². The largest absolute Gasteiger partial charge is 0.392 e. The molecule has 0 aromatic carbocycles. The van der Waals surface area contributed by atoms with E-state index < -0.39 is 16.1 Å². The highest BCUT2D eigenvalue weighted by Gasteiger charge is 2.32. The van der Waals surface area contributed by atoms with Crippen LogP contribution < -0.4 is 0 Å². The highest BCUT2D eigenvalue weighted by Crippen LogP contribution is 2.33. The van der Waals surface area contributed by atoms with Crippen LogP contribution in [0.3, 0.4) is 0 Å². The number of sulfonamides is 1. The van der Waals surface area contributed by atoms with Crippen molar-refractivity contribution in [1.29, 1.82) is 0 Å². The van der Waals surface area contributed by atoms with E-state index in [0.29, 0.717) is 17.2 Å². The summed E-state index contributed by atoms with van der Waals surface area (Å²) in [5.41, 5.74) is 0.920. The minimum Gasteiger partial charge on any atom is -0.392 e. The highest BCUT2D eigenvalue weighted by molar-refractivity contribution is 9.11. The summed E-state index contributed by atoms with van der Waals surface area (Å²) in [6.45, 7) is 2.47. The lowest BCUT2D eigenvalue weighted by Crippen LogP contribution is -2.29. The van der Waals surface area contributed by atoms with Gasteiger partial charge in [0.2, 0.25) is 0 Å². The number of hydrogen-bond donors (Lipinski definition) is 1. The molecule has 0 radical (unpaired) electrons. The number of aliphatic hydroxyl groups is 1. The van der Waals surface area contributed by atoms with Crippen LogP contribution in [0, 0.1) is 6.92 Å². The van der Waals surface area contributed by atoms with Crippen molar-refractivity contribution in [3.05, 3.63) is 15.4 Å². The Morgan fingerprint density at radius 1 is 1.62 bits per heavy atom. The first-order chi connectivity index (χ1) is 7.41. The third-order valence-corrected chi connectivity index (χ3v) is 7.01. The molecule has 16 heavy (non-hydrogen) atoms. The molecule has 0 unspecified atom stereocenters. The first kappa shape index (κ1) is 12.5. The van der Waals surface area contributed by atoms with Crippen molar-refractivity contribution in [3.8, 4) is 0 Å². The summed E-state index contributed by atoms with van der Waals surface area (Å²) in [7, 11) is -3.41. The molecule has 90 valence electrons. The highest BCUT2D eigenvalue weighted by atomic mass is 79.9. The maximum atomic E-state index is 12.1. The van der Waals surface area contributed by atoms with Crippen molar-refractivity contribution in [2.24, 2.45) is 0 Å². The third-order valence-electron chi connectivity index (χ3n) is 2.55. The molecule has 0 aliphatic carbocycles. The smallest absolute Gasteiger partial charge is 0.252 e. The Balaban J connectivity index is 2.32. The summed E-state index contributed by atoms with van der Waals surface area (Å²) < 4.78 is 26.8. The van der Waals surface area contributed by atoms with Crippen LogP contribution in [-0.2, 0) is 10.0 Å². The molecule has 0 spiro atoms. The summed E-state index contributed by atoms with van der Waals surface area (Å²) in [5, 5.41) is 9.36. The molecule has 0 amide bonds. The fourth-order valence-corrected chi connectivity index (χ4v) is 5.49. The third kappa shape index (κ3) is 2.19. The maximum absolute atomic E-state index is 12.1. The average molecular weight is 326 g/mol. The van der Waals surface area contributed by atoms with Crippen LogP contribution in [0.5, 0.6) is 0 Å². The molecular formula is C9H12BrNO3S2. The van der Waals surface area contributed by atoms with Crippen molar-refractivity contribution in [3.63, 3.8) is 0 Å². The quantitative estimate of drug-likeness (QED) is 0.898. The number of aliphatic hydroxyl groups excluding tert-OH is 1. The Hall–Kier alpha value is 0.0500. The second-order valence-electron chi connectivity index (χ2n) is 3.83. The fourth-order valence-electron chi connectivity index (χ4n) is 1.62. The number of halogens is 1. The molecule has 1 aromatic rings. The molecule has 4 nitrogen and oxygen atoms in total. The van der Waals surface area contributed by atoms with Gasteiger partial charge in [-0.3, -0.25) is 0 Å². The number of rotatable bonds is 2. The molecular weight excluding hydrogens is 314 g/mol. The maximum Gasteiger partial charge on any atom is 0.252 e. The molecule has 1 aliphatic heterocycles. The van der Waals surface area contributed by atoms with Crippen molar-refractivity contribution in [2.45, 2.75) is 23.7 Å². The SMILES string of the molecule is Cc1cc(S(=O)(=O)N2CC[C@H](O)C2)sc1Br. The van der Waals surface area contributed by atoms with Crippen LogP contribution in [0.1, 0.15) is 12.0 Å². The van der Waals surface area contributed by atoms with E-state index in [4.69, 9.17) is 0 Å². The molecule has 1 fully saturated rings.